The largest absolute Gasteiger partial charge is 0.496 e. The molecule has 2 atom stereocenters. The molecule has 3 aliphatic rings. The van der Waals surface area contributed by atoms with Crippen molar-refractivity contribution in [1.29, 1.82) is 0 Å². The van der Waals surface area contributed by atoms with E-state index in [2.05, 4.69) is 62.1 Å². The number of aryl methyl sites for hydroxylation is 1. The normalized spacial score (nSPS) is 24.1. The number of ether oxygens (including phenoxy) is 1. The Hall–Kier alpha value is -3.19. The van der Waals surface area contributed by atoms with E-state index in [0.29, 0.717) is 5.82 Å². The van der Waals surface area contributed by atoms with E-state index in [4.69, 9.17) is 4.74 Å². The fourth-order valence-corrected chi connectivity index (χ4v) is 6.71. The molecule has 0 radical (unpaired) electrons. The molecule has 0 bridgehead atoms. The van der Waals surface area contributed by atoms with Gasteiger partial charge in [0.1, 0.15) is 11.6 Å². The topological polar surface area (TPSA) is 63.5 Å². The first-order chi connectivity index (χ1) is 17.7. The molecule has 1 amide bonds. The van der Waals surface area contributed by atoms with Gasteiger partial charge in [-0.2, -0.15) is 0 Å². The number of methoxy groups -OCH3 is 1. The van der Waals surface area contributed by atoms with Gasteiger partial charge >= 0.3 is 0 Å². The maximum absolute atomic E-state index is 13.5. The van der Waals surface area contributed by atoms with Gasteiger partial charge < -0.3 is 14.2 Å². The predicted octanol–water partition coefficient (Wildman–Crippen LogP) is 4.07. The quantitative estimate of drug-likeness (QED) is 0.545. The molecule has 0 saturated carbocycles. The number of benzene rings is 2. The van der Waals surface area contributed by atoms with E-state index in [9.17, 15) is 4.79 Å². The van der Waals surface area contributed by atoms with Crippen LogP contribution in [0.4, 0.5) is 0 Å². The lowest BCUT2D eigenvalue weighted by Gasteiger charge is -2.38. The Kier molecular flexibility index (Phi) is 6.25. The van der Waals surface area contributed by atoms with Crippen molar-refractivity contribution in [2.75, 3.05) is 26.7 Å². The summed E-state index contributed by atoms with van der Waals surface area (Å²) in [6.07, 6.45) is 6.25. The van der Waals surface area contributed by atoms with Crippen molar-refractivity contribution in [2.45, 2.75) is 63.1 Å². The number of hydrogen-bond donors (Lipinski definition) is 0. The maximum atomic E-state index is 13.5. The van der Waals surface area contributed by atoms with Gasteiger partial charge in [-0.25, -0.2) is 0 Å². The fourth-order valence-electron chi connectivity index (χ4n) is 6.71. The molecule has 0 spiro atoms. The fraction of sp³-hybridized carbons (Fsp3) is 0.483. The van der Waals surface area contributed by atoms with E-state index in [1.54, 1.807) is 7.11 Å². The SMILES string of the molecule is COc1ccccc1CN1CC[C@@]2(c3ccccc3)CCc3nnc(C(=O)N4CCCCC4)n3C[C@@H]12. The Labute approximate surface area is 213 Å². The molecule has 188 valence electrons. The third kappa shape index (κ3) is 3.99. The summed E-state index contributed by atoms with van der Waals surface area (Å²) in [5.41, 5.74) is 2.59. The Bertz CT molecular complexity index is 1220. The average molecular weight is 486 g/mol. The summed E-state index contributed by atoms with van der Waals surface area (Å²) in [4.78, 5) is 18.1. The van der Waals surface area contributed by atoms with E-state index in [0.717, 1.165) is 76.4 Å². The minimum atomic E-state index is 0.00934. The van der Waals surface area contributed by atoms with Crippen LogP contribution in [0.1, 0.15) is 59.7 Å². The highest BCUT2D eigenvalue weighted by Gasteiger charge is 2.50. The summed E-state index contributed by atoms with van der Waals surface area (Å²) in [6.45, 7) is 4.18. The molecule has 2 aromatic carbocycles. The minimum Gasteiger partial charge on any atom is -0.496 e. The molecule has 3 aromatic rings. The molecule has 7 nitrogen and oxygen atoms in total. The van der Waals surface area contributed by atoms with Gasteiger partial charge in [0.15, 0.2) is 0 Å². The third-order valence-corrected chi connectivity index (χ3v) is 8.65. The number of para-hydroxylation sites is 1. The van der Waals surface area contributed by atoms with Crippen molar-refractivity contribution in [3.05, 3.63) is 77.4 Å². The minimum absolute atomic E-state index is 0.00934. The number of nitrogens with zero attached hydrogens (tertiary/aromatic N) is 5. The summed E-state index contributed by atoms with van der Waals surface area (Å²) >= 11 is 0. The van der Waals surface area contributed by atoms with Crippen LogP contribution >= 0.6 is 0 Å². The van der Waals surface area contributed by atoms with Crippen LogP contribution in [0.3, 0.4) is 0 Å². The average Bonchev–Trinajstić information content (AvgIpc) is 3.45. The number of rotatable bonds is 5. The van der Waals surface area contributed by atoms with Gasteiger partial charge in [0, 0.05) is 49.6 Å². The molecule has 1 aromatic heterocycles. The van der Waals surface area contributed by atoms with Crippen molar-refractivity contribution in [1.82, 2.24) is 24.6 Å². The number of amides is 1. The van der Waals surface area contributed by atoms with E-state index < -0.39 is 0 Å². The van der Waals surface area contributed by atoms with Crippen LogP contribution < -0.4 is 4.74 Å². The van der Waals surface area contributed by atoms with Crippen molar-refractivity contribution in [2.24, 2.45) is 0 Å². The van der Waals surface area contributed by atoms with E-state index in [1.807, 2.05) is 17.0 Å². The second-order valence-electron chi connectivity index (χ2n) is 10.5. The van der Waals surface area contributed by atoms with Crippen LogP contribution in [0, 0.1) is 0 Å². The Morgan fingerprint density at radius 3 is 2.56 bits per heavy atom. The van der Waals surface area contributed by atoms with Gasteiger partial charge in [0.2, 0.25) is 5.82 Å². The number of aromatic nitrogens is 3. The van der Waals surface area contributed by atoms with Crippen LogP contribution in [-0.2, 0) is 24.9 Å². The van der Waals surface area contributed by atoms with Gasteiger partial charge in [-0.05, 0) is 50.3 Å². The zero-order chi connectivity index (χ0) is 24.5. The molecular weight excluding hydrogens is 450 g/mol. The lowest BCUT2D eigenvalue weighted by molar-refractivity contribution is 0.0702. The van der Waals surface area contributed by atoms with Crippen LogP contribution in [-0.4, -0.2) is 63.3 Å². The van der Waals surface area contributed by atoms with Crippen LogP contribution in [0.15, 0.2) is 54.6 Å². The summed E-state index contributed by atoms with van der Waals surface area (Å²) in [5, 5.41) is 8.99. The van der Waals surface area contributed by atoms with Crippen molar-refractivity contribution in [3.8, 4) is 5.75 Å². The molecule has 7 heteroatoms. The van der Waals surface area contributed by atoms with Gasteiger partial charge in [0.05, 0.1) is 7.11 Å². The Balaban J connectivity index is 1.37. The van der Waals surface area contributed by atoms with Gasteiger partial charge in [-0.15, -0.1) is 10.2 Å². The third-order valence-electron chi connectivity index (χ3n) is 8.65. The lowest BCUT2D eigenvalue weighted by atomic mass is 9.71. The van der Waals surface area contributed by atoms with Gasteiger partial charge in [-0.1, -0.05) is 48.5 Å². The molecule has 2 saturated heterocycles. The van der Waals surface area contributed by atoms with Crippen LogP contribution in [0.2, 0.25) is 0 Å². The number of likely N-dealkylation sites (tertiary alicyclic amines) is 2. The predicted molar refractivity (Wildman–Crippen MR) is 138 cm³/mol. The zero-order valence-corrected chi connectivity index (χ0v) is 21.1. The van der Waals surface area contributed by atoms with Crippen LogP contribution in [0.25, 0.3) is 0 Å². The first-order valence-electron chi connectivity index (χ1n) is 13.3. The molecule has 4 heterocycles. The van der Waals surface area contributed by atoms with Gasteiger partial charge in [-0.3, -0.25) is 9.69 Å². The molecule has 2 fully saturated rings. The highest BCUT2D eigenvalue weighted by atomic mass is 16.5. The van der Waals surface area contributed by atoms with Crippen molar-refractivity contribution >= 4 is 5.91 Å². The maximum Gasteiger partial charge on any atom is 0.291 e. The number of carbonyl (C=O) groups excluding carboxylic acids is 1. The Morgan fingerprint density at radius 2 is 1.75 bits per heavy atom. The molecule has 3 aliphatic heterocycles. The molecule has 0 N–H and O–H groups in total. The number of hydrogen-bond acceptors (Lipinski definition) is 5. The van der Waals surface area contributed by atoms with Crippen molar-refractivity contribution in [3.63, 3.8) is 0 Å². The standard InChI is InChI=1S/C29H35N5O2/c1-36-24-13-7-6-10-22(24)20-33-19-16-29(23-11-4-2-5-12-23)15-14-26-30-31-27(34(26)21-25(29)33)28(35)32-17-8-3-9-18-32/h2,4-7,10-13,25H,3,8-9,14-21H2,1H3/t25-,29-/m1/s1. The summed E-state index contributed by atoms with van der Waals surface area (Å²) < 4.78 is 7.83. The highest BCUT2D eigenvalue weighted by molar-refractivity contribution is 5.90. The summed E-state index contributed by atoms with van der Waals surface area (Å²) in [6, 6.07) is 19.5. The van der Waals surface area contributed by atoms with E-state index >= 15 is 0 Å². The first-order valence-corrected chi connectivity index (χ1v) is 13.3. The molecule has 0 aliphatic carbocycles. The lowest BCUT2D eigenvalue weighted by Crippen LogP contribution is -2.45. The van der Waals surface area contributed by atoms with Crippen LogP contribution in [0.5, 0.6) is 5.75 Å². The number of carbonyl (C=O) groups is 1. The second kappa shape index (κ2) is 9.69. The molecular formula is C29H35N5O2. The highest BCUT2D eigenvalue weighted by Crippen LogP contribution is 2.47. The summed E-state index contributed by atoms with van der Waals surface area (Å²) in [7, 11) is 1.74. The monoisotopic (exact) mass is 485 g/mol. The Morgan fingerprint density at radius 1 is 0.972 bits per heavy atom. The second-order valence-corrected chi connectivity index (χ2v) is 10.5. The molecule has 36 heavy (non-hydrogen) atoms. The smallest absolute Gasteiger partial charge is 0.291 e. The molecule has 6 rings (SSSR count). The van der Waals surface area contributed by atoms with Crippen molar-refractivity contribution < 1.29 is 9.53 Å². The summed E-state index contributed by atoms with van der Waals surface area (Å²) in [5.74, 6) is 2.42. The number of fused-ring (bicyclic) bond motifs is 2. The van der Waals surface area contributed by atoms with Gasteiger partial charge in [0.25, 0.3) is 5.91 Å². The van der Waals surface area contributed by atoms with E-state index in [1.165, 1.54) is 17.5 Å². The van der Waals surface area contributed by atoms with E-state index in [-0.39, 0.29) is 17.4 Å². The number of piperidine rings is 1. The first kappa shape index (κ1) is 23.2. The molecule has 0 unspecified atom stereocenters. The zero-order valence-electron chi connectivity index (χ0n) is 21.1.